The highest BCUT2D eigenvalue weighted by Crippen LogP contribution is 2.38. The van der Waals surface area contributed by atoms with Gasteiger partial charge in [0.25, 0.3) is 0 Å². The summed E-state index contributed by atoms with van der Waals surface area (Å²) in [6.07, 6.45) is 18.4. The average molecular weight is 860 g/mol. The summed E-state index contributed by atoms with van der Waals surface area (Å²) >= 11 is 0. The molecule has 3 N–H and O–H groups in total. The Bertz CT molecular complexity index is 3310. The quantitative estimate of drug-likeness (QED) is 0.128. The van der Waals surface area contributed by atoms with Crippen molar-refractivity contribution in [2.45, 2.75) is 39.3 Å². The monoisotopic (exact) mass is 859 g/mol. The van der Waals surface area contributed by atoms with Crippen LogP contribution >= 0.6 is 0 Å². The van der Waals surface area contributed by atoms with E-state index in [-0.39, 0.29) is 11.9 Å². The second kappa shape index (κ2) is 17.6. The fourth-order valence-corrected chi connectivity index (χ4v) is 9.12. The molecule has 1 saturated heterocycles. The van der Waals surface area contributed by atoms with Gasteiger partial charge in [-0.2, -0.15) is 0 Å². The zero-order valence-electron chi connectivity index (χ0n) is 36.8. The average Bonchev–Trinajstić information content (AvgIpc) is 4.10. The predicted molar refractivity (Wildman–Crippen MR) is 257 cm³/mol. The Labute approximate surface area is 375 Å². The summed E-state index contributed by atoms with van der Waals surface area (Å²) in [5.74, 6) is 1.30. The molecule has 6 aromatic heterocycles. The number of benzene rings is 4. The Hall–Kier alpha value is -8.00. The van der Waals surface area contributed by atoms with Crippen LogP contribution in [0.25, 0.3) is 66.1 Å². The van der Waals surface area contributed by atoms with Crippen LogP contribution in [-0.2, 0) is 25.4 Å². The number of carbonyl (C=O) groups excluding carboxylic acids is 1. The van der Waals surface area contributed by atoms with Gasteiger partial charge in [0.1, 0.15) is 12.2 Å². The zero-order valence-corrected chi connectivity index (χ0v) is 36.8. The van der Waals surface area contributed by atoms with Crippen LogP contribution in [0.15, 0.2) is 135 Å². The lowest BCUT2D eigenvalue weighted by atomic mass is 9.84. The molecule has 1 aliphatic rings. The first-order chi connectivity index (χ1) is 31.8. The largest absolute Gasteiger partial charge is 0.378 e. The minimum Gasteiger partial charge on any atom is -0.378 e. The molecule has 11 rings (SSSR count). The van der Waals surface area contributed by atoms with Gasteiger partial charge in [-0.3, -0.25) is 29.7 Å². The Morgan fingerprint density at radius 2 is 1.34 bits per heavy atom. The molecule has 0 aliphatic carbocycles. The van der Waals surface area contributed by atoms with Crippen LogP contribution in [0.3, 0.4) is 0 Å². The van der Waals surface area contributed by atoms with Gasteiger partial charge in [0.15, 0.2) is 0 Å². The zero-order chi connectivity index (χ0) is 44.4. The van der Waals surface area contributed by atoms with Gasteiger partial charge >= 0.3 is 0 Å². The van der Waals surface area contributed by atoms with Crippen LogP contribution in [0.2, 0.25) is 0 Å². The molecule has 1 aliphatic heterocycles. The van der Waals surface area contributed by atoms with Crippen molar-refractivity contribution in [2.24, 2.45) is 20.0 Å². The number of fused-ring (bicyclic) bond motifs is 4. The number of H-pyrrole nitrogens is 1. The van der Waals surface area contributed by atoms with E-state index in [9.17, 15) is 4.79 Å². The van der Waals surface area contributed by atoms with E-state index in [0.29, 0.717) is 12.5 Å². The molecule has 7 heterocycles. The lowest BCUT2D eigenvalue weighted by Gasteiger charge is -2.37. The standard InChI is InChI=1S/C31H32N6O.C20H17N7/c1-20-6-10-32-19-27(20)30(23-8-14-37(15-9-23)21(2)38)35-25-17-26(31-28(18-25)33-11-12-34-31)24-5-4-22-7-13-36(3)29(22)16-24;1-27-7-4-13-2-3-14(8-18(13)27)16-9-15(23-11-19-24-12-25-26-19)10-17-20(16)22-6-5-21-17/h4-7,10-13,16-19,23,30,35H,8-9,14-15H2,1-3H3;2-10,12,23H,11H2,1H3,(H,24,25,26). The molecule has 65 heavy (non-hydrogen) atoms. The molecule has 4 aromatic carbocycles. The topological polar surface area (TPSA) is 160 Å². The van der Waals surface area contributed by atoms with Crippen LogP contribution < -0.4 is 10.6 Å². The Morgan fingerprint density at radius 1 is 0.738 bits per heavy atom. The van der Waals surface area contributed by atoms with E-state index in [0.717, 1.165) is 87.5 Å². The van der Waals surface area contributed by atoms with E-state index in [4.69, 9.17) is 4.98 Å². The number of aromatic amines is 1. The van der Waals surface area contributed by atoms with E-state index in [1.165, 1.54) is 32.9 Å². The molecule has 0 spiro atoms. The van der Waals surface area contributed by atoms with Gasteiger partial charge in [0.2, 0.25) is 5.91 Å². The number of aromatic nitrogens is 10. The maximum atomic E-state index is 12.0. The molecule has 0 saturated carbocycles. The number of piperidine rings is 1. The van der Waals surface area contributed by atoms with Crippen LogP contribution in [-0.4, -0.2) is 73.1 Å². The number of hydrogen-bond donors (Lipinski definition) is 3. The van der Waals surface area contributed by atoms with Gasteiger partial charge in [-0.1, -0.05) is 24.3 Å². The van der Waals surface area contributed by atoms with Crippen LogP contribution in [0.5, 0.6) is 0 Å². The lowest BCUT2D eigenvalue weighted by molar-refractivity contribution is -0.130. The molecule has 1 atom stereocenters. The maximum absolute atomic E-state index is 12.0. The fourth-order valence-electron chi connectivity index (χ4n) is 9.12. The van der Waals surface area contributed by atoms with Gasteiger partial charge in [0.05, 0.1) is 34.7 Å². The first-order valence-electron chi connectivity index (χ1n) is 21.9. The molecule has 1 amide bonds. The van der Waals surface area contributed by atoms with Crippen molar-refractivity contribution >= 4 is 61.2 Å². The summed E-state index contributed by atoms with van der Waals surface area (Å²) in [5, 5.41) is 17.5. The van der Waals surface area contributed by atoms with Crippen molar-refractivity contribution in [2.75, 3.05) is 23.7 Å². The number of pyridine rings is 1. The van der Waals surface area contributed by atoms with Crippen molar-refractivity contribution in [3.05, 3.63) is 152 Å². The van der Waals surface area contributed by atoms with E-state index in [1.807, 2.05) is 23.4 Å². The molecule has 14 heteroatoms. The summed E-state index contributed by atoms with van der Waals surface area (Å²) in [6.45, 7) is 5.92. The summed E-state index contributed by atoms with van der Waals surface area (Å²) in [4.78, 5) is 39.8. The molecular formula is C51H49N13O. The minimum absolute atomic E-state index is 0.0649. The number of rotatable bonds is 9. The van der Waals surface area contributed by atoms with E-state index < -0.39 is 0 Å². The van der Waals surface area contributed by atoms with Gasteiger partial charge in [-0.25, -0.2) is 0 Å². The van der Waals surface area contributed by atoms with Crippen molar-refractivity contribution in [1.82, 2.24) is 54.1 Å². The SMILES string of the molecule is CC(=O)N1CCC(C(Nc2cc(-c3ccc4ccn(C)c4c3)c3nccnc3c2)c2cnccc2C)CC1.Cn1ccc2ccc(-c3cc(NCc4nnc[nH]4)cc4nccnc34)cc21. The summed E-state index contributed by atoms with van der Waals surface area (Å²) in [6, 6.07) is 27.8. The Balaban J connectivity index is 0.000000162. The highest BCUT2D eigenvalue weighted by molar-refractivity contribution is 5.98. The second-order valence-electron chi connectivity index (χ2n) is 16.8. The predicted octanol–water partition coefficient (Wildman–Crippen LogP) is 9.42. The molecule has 0 radical (unpaired) electrons. The number of amides is 1. The number of anilines is 2. The number of hydrogen-bond acceptors (Lipinski definition) is 10. The molecule has 10 aromatic rings. The van der Waals surface area contributed by atoms with Crippen LogP contribution in [0.4, 0.5) is 11.4 Å². The number of carbonyl (C=O) groups is 1. The molecule has 1 fully saturated rings. The van der Waals surface area contributed by atoms with Gasteiger partial charge in [0, 0.05) is 117 Å². The molecular weight excluding hydrogens is 811 g/mol. The van der Waals surface area contributed by atoms with E-state index in [2.05, 4.69) is 161 Å². The van der Waals surface area contributed by atoms with Gasteiger partial charge in [-0.05, 0) is 113 Å². The molecule has 324 valence electrons. The summed E-state index contributed by atoms with van der Waals surface area (Å²) in [5.41, 5.74) is 14.5. The highest BCUT2D eigenvalue weighted by Gasteiger charge is 2.30. The normalized spacial score (nSPS) is 13.6. The molecule has 0 bridgehead atoms. The molecule has 14 nitrogen and oxygen atoms in total. The third-order valence-electron chi connectivity index (χ3n) is 12.7. The van der Waals surface area contributed by atoms with E-state index in [1.54, 1.807) is 38.0 Å². The Kier molecular flexibility index (Phi) is 11.1. The van der Waals surface area contributed by atoms with Gasteiger partial charge in [-0.15, -0.1) is 10.2 Å². The van der Waals surface area contributed by atoms with Crippen molar-refractivity contribution in [3.8, 4) is 22.3 Å². The molecule has 1 unspecified atom stereocenters. The first-order valence-corrected chi connectivity index (χ1v) is 21.9. The van der Waals surface area contributed by atoms with Crippen molar-refractivity contribution in [1.29, 1.82) is 0 Å². The summed E-state index contributed by atoms with van der Waals surface area (Å²) < 4.78 is 4.27. The minimum atomic E-state index is 0.0649. The lowest BCUT2D eigenvalue weighted by Crippen LogP contribution is -2.39. The fraction of sp³-hybridized carbons (Fsp3) is 0.216. The number of likely N-dealkylation sites (tertiary alicyclic amines) is 1. The number of nitrogens with one attached hydrogen (secondary N) is 3. The van der Waals surface area contributed by atoms with Crippen molar-refractivity contribution < 1.29 is 4.79 Å². The summed E-state index contributed by atoms with van der Waals surface area (Å²) in [7, 11) is 4.12. The smallest absolute Gasteiger partial charge is 0.219 e. The third kappa shape index (κ3) is 8.45. The number of aryl methyl sites for hydroxylation is 3. The maximum Gasteiger partial charge on any atom is 0.219 e. The third-order valence-corrected chi connectivity index (χ3v) is 12.7. The number of nitrogens with zero attached hydrogens (tertiary/aromatic N) is 10. The first kappa shape index (κ1) is 41.0. The second-order valence-corrected chi connectivity index (χ2v) is 16.8. The van der Waals surface area contributed by atoms with Gasteiger partial charge < -0.3 is 29.7 Å². The van der Waals surface area contributed by atoms with Crippen molar-refractivity contribution in [3.63, 3.8) is 0 Å². The Morgan fingerprint density at radius 3 is 1.92 bits per heavy atom. The van der Waals surface area contributed by atoms with Crippen LogP contribution in [0, 0.1) is 12.8 Å². The highest BCUT2D eigenvalue weighted by atomic mass is 16.2. The van der Waals surface area contributed by atoms with E-state index >= 15 is 0 Å². The van der Waals surface area contributed by atoms with Crippen LogP contribution in [0.1, 0.15) is 42.8 Å².